The summed E-state index contributed by atoms with van der Waals surface area (Å²) >= 11 is 0. The predicted molar refractivity (Wildman–Crippen MR) is 137 cm³/mol. The van der Waals surface area contributed by atoms with E-state index in [0.717, 1.165) is 44.0 Å². The lowest BCUT2D eigenvalue weighted by Gasteiger charge is -2.36. The second kappa shape index (κ2) is 10.8. The van der Waals surface area contributed by atoms with Crippen LogP contribution in [-0.2, 0) is 21.2 Å². The zero-order valence-electron chi connectivity index (χ0n) is 19.5. The van der Waals surface area contributed by atoms with Gasteiger partial charge in [0.05, 0.1) is 10.6 Å². The first-order valence-electron chi connectivity index (χ1n) is 11.6. The van der Waals surface area contributed by atoms with E-state index in [-0.39, 0.29) is 23.0 Å². The van der Waals surface area contributed by atoms with Crippen molar-refractivity contribution >= 4 is 27.1 Å². The van der Waals surface area contributed by atoms with Crippen molar-refractivity contribution in [1.29, 1.82) is 0 Å². The van der Waals surface area contributed by atoms with Crippen LogP contribution in [0.4, 0.5) is 11.4 Å². The smallest absolute Gasteiger partial charge is 0.225 e. The Morgan fingerprint density at radius 1 is 0.853 bits per heavy atom. The molecule has 0 atom stereocenters. The van der Waals surface area contributed by atoms with Gasteiger partial charge in [0.1, 0.15) is 0 Å². The highest BCUT2D eigenvalue weighted by Crippen LogP contribution is 2.21. The van der Waals surface area contributed by atoms with E-state index in [0.29, 0.717) is 5.69 Å². The largest absolute Gasteiger partial charge is 0.369 e. The summed E-state index contributed by atoms with van der Waals surface area (Å²) in [4.78, 5) is 17.4. The summed E-state index contributed by atoms with van der Waals surface area (Å²) in [6.07, 6.45) is -0.0820. The maximum absolute atomic E-state index is 12.5. The van der Waals surface area contributed by atoms with Gasteiger partial charge in [0.15, 0.2) is 9.84 Å². The molecule has 1 aliphatic rings. The first-order chi connectivity index (χ1) is 16.4. The van der Waals surface area contributed by atoms with Gasteiger partial charge in [-0.2, -0.15) is 0 Å². The van der Waals surface area contributed by atoms with Crippen LogP contribution in [0.1, 0.15) is 17.5 Å². The zero-order valence-corrected chi connectivity index (χ0v) is 20.3. The minimum atomic E-state index is -3.48. The number of rotatable bonds is 8. The van der Waals surface area contributed by atoms with Gasteiger partial charge in [0.25, 0.3) is 0 Å². The Kier molecular flexibility index (Phi) is 7.65. The highest BCUT2D eigenvalue weighted by molar-refractivity contribution is 7.91. The van der Waals surface area contributed by atoms with Crippen LogP contribution < -0.4 is 10.2 Å². The van der Waals surface area contributed by atoms with Gasteiger partial charge in [-0.1, -0.05) is 48.0 Å². The number of hydrogen-bond donors (Lipinski definition) is 1. The number of nitrogens with one attached hydrogen (secondary N) is 1. The first kappa shape index (κ1) is 24.0. The summed E-state index contributed by atoms with van der Waals surface area (Å²) in [5, 5.41) is 2.81. The number of anilines is 2. The standard InChI is InChI=1S/C27H31N3O3S/c1-22-7-13-26(14-8-22)34(32,33)20-15-27(31)28-24-9-11-25(12-10-24)30-18-16-29(17-19-30)21-23-5-3-2-4-6-23/h2-14H,15-21H2,1H3,(H,28,31). The second-order valence-corrected chi connectivity index (χ2v) is 10.8. The molecular formula is C27H31N3O3S. The second-order valence-electron chi connectivity index (χ2n) is 8.73. The van der Waals surface area contributed by atoms with Crippen molar-refractivity contribution in [2.45, 2.75) is 24.8 Å². The maximum atomic E-state index is 12.5. The maximum Gasteiger partial charge on any atom is 0.225 e. The average molecular weight is 478 g/mol. The average Bonchev–Trinajstić information content (AvgIpc) is 2.85. The minimum absolute atomic E-state index is 0.0820. The van der Waals surface area contributed by atoms with Crippen LogP contribution >= 0.6 is 0 Å². The Balaban J connectivity index is 1.24. The van der Waals surface area contributed by atoms with Crippen molar-refractivity contribution < 1.29 is 13.2 Å². The van der Waals surface area contributed by atoms with Crippen LogP contribution in [0.5, 0.6) is 0 Å². The van der Waals surface area contributed by atoms with Gasteiger partial charge in [0, 0.05) is 50.5 Å². The molecule has 0 bridgehead atoms. The molecule has 0 unspecified atom stereocenters. The van der Waals surface area contributed by atoms with Gasteiger partial charge >= 0.3 is 0 Å². The van der Waals surface area contributed by atoms with Crippen LogP contribution in [0.2, 0.25) is 0 Å². The molecule has 6 nitrogen and oxygen atoms in total. The number of sulfone groups is 1. The summed E-state index contributed by atoms with van der Waals surface area (Å²) in [5.74, 6) is -0.522. The third kappa shape index (κ3) is 6.46. The number of benzene rings is 3. The Hall–Kier alpha value is -3.16. The van der Waals surface area contributed by atoms with E-state index < -0.39 is 9.84 Å². The van der Waals surface area contributed by atoms with E-state index in [2.05, 4.69) is 39.4 Å². The van der Waals surface area contributed by atoms with E-state index in [1.807, 2.05) is 37.3 Å². The molecule has 1 heterocycles. The van der Waals surface area contributed by atoms with E-state index in [9.17, 15) is 13.2 Å². The monoisotopic (exact) mass is 477 g/mol. The predicted octanol–water partition coefficient (Wildman–Crippen LogP) is 4.12. The lowest BCUT2D eigenvalue weighted by molar-refractivity contribution is -0.115. The zero-order chi connectivity index (χ0) is 24.0. The number of piperazine rings is 1. The van der Waals surface area contributed by atoms with Crippen molar-refractivity contribution in [2.75, 3.05) is 42.1 Å². The minimum Gasteiger partial charge on any atom is -0.369 e. The number of carbonyl (C=O) groups excluding carboxylic acids is 1. The van der Waals surface area contributed by atoms with Crippen molar-refractivity contribution in [3.63, 3.8) is 0 Å². The molecule has 0 spiro atoms. The third-order valence-electron chi connectivity index (χ3n) is 6.12. The molecule has 1 N–H and O–H groups in total. The van der Waals surface area contributed by atoms with Gasteiger partial charge < -0.3 is 10.2 Å². The van der Waals surface area contributed by atoms with E-state index in [1.165, 1.54) is 5.56 Å². The topological polar surface area (TPSA) is 69.7 Å². The molecular weight excluding hydrogens is 446 g/mol. The van der Waals surface area contributed by atoms with Crippen LogP contribution in [0, 0.1) is 6.92 Å². The van der Waals surface area contributed by atoms with Gasteiger partial charge in [-0.25, -0.2) is 8.42 Å². The Morgan fingerprint density at radius 3 is 2.15 bits per heavy atom. The Labute approximate surface area is 202 Å². The van der Waals surface area contributed by atoms with Crippen LogP contribution in [-0.4, -0.2) is 51.2 Å². The number of hydrogen-bond acceptors (Lipinski definition) is 5. The van der Waals surface area contributed by atoms with Crippen LogP contribution in [0.15, 0.2) is 83.8 Å². The SMILES string of the molecule is Cc1ccc(S(=O)(=O)CCC(=O)Nc2ccc(N3CCN(Cc4ccccc4)CC3)cc2)cc1. The molecule has 1 aliphatic heterocycles. The molecule has 0 aromatic heterocycles. The van der Waals surface area contributed by atoms with Crippen molar-refractivity contribution in [1.82, 2.24) is 4.90 Å². The fourth-order valence-electron chi connectivity index (χ4n) is 4.08. The van der Waals surface area contributed by atoms with Crippen molar-refractivity contribution in [3.05, 3.63) is 90.0 Å². The Bertz CT molecular complexity index is 1190. The molecule has 1 saturated heterocycles. The number of carbonyl (C=O) groups is 1. The molecule has 0 saturated carbocycles. The van der Waals surface area contributed by atoms with Gasteiger partial charge in [0.2, 0.25) is 5.91 Å². The summed E-state index contributed by atoms with van der Waals surface area (Å²) < 4.78 is 24.9. The molecule has 1 fully saturated rings. The quantitative estimate of drug-likeness (QED) is 0.529. The Morgan fingerprint density at radius 2 is 1.50 bits per heavy atom. The normalized spacial score (nSPS) is 14.7. The molecule has 3 aromatic carbocycles. The fourth-order valence-corrected chi connectivity index (χ4v) is 5.32. The van der Waals surface area contributed by atoms with Crippen LogP contribution in [0.3, 0.4) is 0 Å². The van der Waals surface area contributed by atoms with E-state index >= 15 is 0 Å². The van der Waals surface area contributed by atoms with Crippen LogP contribution in [0.25, 0.3) is 0 Å². The van der Waals surface area contributed by atoms with Gasteiger partial charge in [-0.05, 0) is 48.9 Å². The van der Waals surface area contributed by atoms with E-state index in [4.69, 9.17) is 0 Å². The highest BCUT2D eigenvalue weighted by Gasteiger charge is 2.18. The molecule has 3 aromatic rings. The number of amides is 1. The molecule has 0 radical (unpaired) electrons. The molecule has 7 heteroatoms. The summed E-state index contributed by atoms with van der Waals surface area (Å²) in [6.45, 7) is 6.79. The van der Waals surface area contributed by atoms with Gasteiger partial charge in [-0.3, -0.25) is 9.69 Å². The fraction of sp³-hybridized carbons (Fsp3) is 0.296. The molecule has 0 aliphatic carbocycles. The van der Waals surface area contributed by atoms with Crippen molar-refractivity contribution in [3.8, 4) is 0 Å². The van der Waals surface area contributed by atoms with E-state index in [1.54, 1.807) is 24.3 Å². The molecule has 1 amide bonds. The van der Waals surface area contributed by atoms with Gasteiger partial charge in [-0.15, -0.1) is 0 Å². The molecule has 178 valence electrons. The lowest BCUT2D eigenvalue weighted by atomic mass is 10.2. The van der Waals surface area contributed by atoms with Crippen molar-refractivity contribution in [2.24, 2.45) is 0 Å². The lowest BCUT2D eigenvalue weighted by Crippen LogP contribution is -2.45. The number of nitrogens with zero attached hydrogens (tertiary/aromatic N) is 2. The first-order valence-corrected chi connectivity index (χ1v) is 13.2. The molecule has 4 rings (SSSR count). The highest BCUT2D eigenvalue weighted by atomic mass is 32.2. The summed E-state index contributed by atoms with van der Waals surface area (Å²) in [7, 11) is -3.48. The summed E-state index contributed by atoms with van der Waals surface area (Å²) in [6, 6.07) is 25.0. The third-order valence-corrected chi connectivity index (χ3v) is 7.85. The number of aryl methyl sites for hydroxylation is 1. The molecule has 34 heavy (non-hydrogen) atoms. The summed E-state index contributed by atoms with van der Waals surface area (Å²) in [5.41, 5.74) is 4.13.